The van der Waals surface area contributed by atoms with E-state index in [1.807, 2.05) is 32.0 Å². The van der Waals surface area contributed by atoms with Crippen LogP contribution in [-0.4, -0.2) is 39.6 Å². The summed E-state index contributed by atoms with van der Waals surface area (Å²) in [7, 11) is 0. The van der Waals surface area contributed by atoms with Gasteiger partial charge in [0, 0.05) is 18.8 Å². The molecule has 0 bridgehead atoms. The highest BCUT2D eigenvalue weighted by molar-refractivity contribution is 7.99. The van der Waals surface area contributed by atoms with Gasteiger partial charge < -0.3 is 15.6 Å². The first-order valence-corrected chi connectivity index (χ1v) is 7.78. The topological polar surface area (TPSA) is 75.0 Å². The number of aromatic nitrogens is 2. The molecule has 1 aromatic carbocycles. The molecule has 2 rings (SSSR count). The fourth-order valence-electron chi connectivity index (χ4n) is 2.00. The number of rotatable bonds is 6. The predicted octanol–water partition coefficient (Wildman–Crippen LogP) is 2.66. The molecule has 0 unspecified atom stereocenters. The van der Waals surface area contributed by atoms with Gasteiger partial charge >= 0.3 is 0 Å². The molecular weight excluding hydrogens is 284 g/mol. The number of aromatic amines is 1. The number of carbonyl (C=O) groups is 1. The van der Waals surface area contributed by atoms with Crippen molar-refractivity contribution >= 4 is 34.4 Å². The van der Waals surface area contributed by atoms with E-state index in [0.717, 1.165) is 21.8 Å². The van der Waals surface area contributed by atoms with Gasteiger partial charge in [-0.2, -0.15) is 0 Å². The van der Waals surface area contributed by atoms with Crippen molar-refractivity contribution in [3.8, 4) is 0 Å². The van der Waals surface area contributed by atoms with Crippen LogP contribution < -0.4 is 5.73 Å². The van der Waals surface area contributed by atoms with Gasteiger partial charge in [-0.1, -0.05) is 23.9 Å². The number of imidazole rings is 1. The zero-order chi connectivity index (χ0) is 15.4. The van der Waals surface area contributed by atoms with Crippen molar-refractivity contribution in [1.82, 2.24) is 14.9 Å². The van der Waals surface area contributed by atoms with E-state index in [9.17, 15) is 4.79 Å². The van der Waals surface area contributed by atoms with Crippen molar-refractivity contribution in [1.29, 1.82) is 0 Å². The Kier molecular flexibility index (Phi) is 4.90. The summed E-state index contributed by atoms with van der Waals surface area (Å²) in [6, 6.07) is 5.52. The summed E-state index contributed by atoms with van der Waals surface area (Å²) in [5.74, 6) is 0.446. The molecule has 0 atom stereocenters. The molecular formula is C15H20N4OS. The zero-order valence-corrected chi connectivity index (χ0v) is 13.2. The summed E-state index contributed by atoms with van der Waals surface area (Å²) in [6.07, 6.45) is 0. The average Bonchev–Trinajstić information content (AvgIpc) is 2.83. The fraction of sp³-hybridized carbons (Fsp3) is 0.333. The first-order valence-electron chi connectivity index (χ1n) is 6.79. The number of amides is 1. The predicted molar refractivity (Wildman–Crippen MR) is 88.3 cm³/mol. The maximum Gasteiger partial charge on any atom is 0.233 e. The van der Waals surface area contributed by atoms with Gasteiger partial charge in [0.2, 0.25) is 5.91 Å². The van der Waals surface area contributed by atoms with Gasteiger partial charge in [-0.3, -0.25) is 4.79 Å². The van der Waals surface area contributed by atoms with E-state index >= 15 is 0 Å². The molecule has 1 amide bonds. The summed E-state index contributed by atoms with van der Waals surface area (Å²) in [5, 5.41) is 0.732. The third kappa shape index (κ3) is 4.01. The van der Waals surface area contributed by atoms with Crippen LogP contribution in [0.2, 0.25) is 0 Å². The van der Waals surface area contributed by atoms with Crippen LogP contribution in [0.1, 0.15) is 13.8 Å². The van der Waals surface area contributed by atoms with Gasteiger partial charge in [0.15, 0.2) is 5.16 Å². The van der Waals surface area contributed by atoms with Gasteiger partial charge in [0.1, 0.15) is 0 Å². The molecule has 0 saturated carbocycles. The maximum absolute atomic E-state index is 12.2. The highest BCUT2D eigenvalue weighted by atomic mass is 32.2. The van der Waals surface area contributed by atoms with E-state index in [1.165, 1.54) is 11.8 Å². The van der Waals surface area contributed by atoms with E-state index in [2.05, 4.69) is 16.5 Å². The summed E-state index contributed by atoms with van der Waals surface area (Å²) >= 11 is 1.40. The molecule has 3 N–H and O–H groups in total. The zero-order valence-electron chi connectivity index (χ0n) is 12.3. The van der Waals surface area contributed by atoms with Crippen molar-refractivity contribution in [2.45, 2.75) is 19.0 Å². The van der Waals surface area contributed by atoms with E-state index in [0.29, 0.717) is 24.5 Å². The molecule has 0 aliphatic carbocycles. The molecule has 0 aliphatic heterocycles. The van der Waals surface area contributed by atoms with Crippen molar-refractivity contribution in [3.63, 3.8) is 0 Å². The van der Waals surface area contributed by atoms with Crippen LogP contribution in [0.4, 0.5) is 5.69 Å². The minimum Gasteiger partial charge on any atom is -0.399 e. The van der Waals surface area contributed by atoms with Crippen LogP contribution in [-0.2, 0) is 4.79 Å². The lowest BCUT2D eigenvalue weighted by Gasteiger charge is -2.20. The molecule has 0 saturated heterocycles. The highest BCUT2D eigenvalue weighted by Gasteiger charge is 2.13. The number of nitrogen functional groups attached to an aromatic ring is 1. The number of thioether (sulfide) groups is 1. The molecule has 2 aromatic rings. The Labute approximate surface area is 128 Å². The Morgan fingerprint density at radius 2 is 2.29 bits per heavy atom. The van der Waals surface area contributed by atoms with Gasteiger partial charge in [-0.15, -0.1) is 0 Å². The molecule has 0 aliphatic rings. The Hall–Kier alpha value is -1.95. The number of carbonyl (C=O) groups excluding carboxylic acids is 1. The first kappa shape index (κ1) is 15.4. The van der Waals surface area contributed by atoms with Crippen LogP contribution in [0.3, 0.4) is 0 Å². The van der Waals surface area contributed by atoms with E-state index < -0.39 is 0 Å². The number of nitrogens with one attached hydrogen (secondary N) is 1. The number of fused-ring (bicyclic) bond motifs is 1. The van der Waals surface area contributed by atoms with Crippen LogP contribution in [0, 0.1) is 0 Å². The second kappa shape index (κ2) is 6.67. The summed E-state index contributed by atoms with van der Waals surface area (Å²) in [5.41, 5.74) is 9.15. The molecule has 0 fully saturated rings. The number of hydrogen-bond acceptors (Lipinski definition) is 4. The van der Waals surface area contributed by atoms with Crippen LogP contribution in [0.15, 0.2) is 35.5 Å². The highest BCUT2D eigenvalue weighted by Crippen LogP contribution is 2.21. The molecule has 1 aromatic heterocycles. The minimum atomic E-state index is 0.0884. The number of likely N-dealkylation sites (N-methyl/N-ethyl adjacent to an activating group) is 1. The number of nitrogens with zero attached hydrogens (tertiary/aromatic N) is 2. The average molecular weight is 304 g/mol. The monoisotopic (exact) mass is 304 g/mol. The quantitative estimate of drug-likeness (QED) is 0.489. The smallest absolute Gasteiger partial charge is 0.233 e. The fourth-order valence-corrected chi connectivity index (χ4v) is 2.78. The number of anilines is 1. The molecule has 21 heavy (non-hydrogen) atoms. The minimum absolute atomic E-state index is 0.0884. The lowest BCUT2D eigenvalue weighted by molar-refractivity contribution is -0.127. The molecule has 6 heteroatoms. The van der Waals surface area contributed by atoms with Gasteiger partial charge in [0.25, 0.3) is 0 Å². The molecule has 0 radical (unpaired) electrons. The van der Waals surface area contributed by atoms with Crippen molar-refractivity contribution in [3.05, 3.63) is 30.4 Å². The van der Waals surface area contributed by atoms with Crippen molar-refractivity contribution in [2.75, 3.05) is 24.6 Å². The SMILES string of the molecule is C=C(C)CN(CC)C(=O)CSc1nc2ccc(N)cc2[nH]1. The lowest BCUT2D eigenvalue weighted by Crippen LogP contribution is -2.33. The van der Waals surface area contributed by atoms with E-state index in [-0.39, 0.29) is 5.91 Å². The van der Waals surface area contributed by atoms with Gasteiger partial charge in [-0.05, 0) is 32.0 Å². The second-order valence-electron chi connectivity index (χ2n) is 4.97. The summed E-state index contributed by atoms with van der Waals surface area (Å²) in [6.45, 7) is 9.03. The maximum atomic E-state index is 12.2. The second-order valence-corrected chi connectivity index (χ2v) is 5.94. The van der Waals surface area contributed by atoms with E-state index in [4.69, 9.17) is 5.73 Å². The normalized spacial score (nSPS) is 10.8. The Balaban J connectivity index is 2.00. The Bertz CT molecular complexity index is 665. The number of nitrogens with two attached hydrogens (primary N) is 1. The van der Waals surface area contributed by atoms with Crippen LogP contribution in [0.5, 0.6) is 0 Å². The van der Waals surface area contributed by atoms with Crippen molar-refractivity contribution in [2.24, 2.45) is 0 Å². The van der Waals surface area contributed by atoms with Crippen LogP contribution in [0.25, 0.3) is 11.0 Å². The largest absolute Gasteiger partial charge is 0.399 e. The van der Waals surface area contributed by atoms with Gasteiger partial charge in [0.05, 0.1) is 16.8 Å². The van der Waals surface area contributed by atoms with E-state index in [1.54, 1.807) is 4.90 Å². The Morgan fingerprint density at radius 3 is 2.95 bits per heavy atom. The summed E-state index contributed by atoms with van der Waals surface area (Å²) in [4.78, 5) is 21.6. The number of hydrogen-bond donors (Lipinski definition) is 2. The molecule has 1 heterocycles. The first-order chi connectivity index (χ1) is 9.99. The van der Waals surface area contributed by atoms with Crippen molar-refractivity contribution < 1.29 is 4.79 Å². The van der Waals surface area contributed by atoms with Crippen LogP contribution >= 0.6 is 11.8 Å². The lowest BCUT2D eigenvalue weighted by atomic mass is 10.3. The third-order valence-electron chi connectivity index (χ3n) is 3.01. The molecule has 112 valence electrons. The Morgan fingerprint density at radius 1 is 1.52 bits per heavy atom. The number of benzene rings is 1. The molecule has 0 spiro atoms. The third-order valence-corrected chi connectivity index (χ3v) is 3.87. The van der Waals surface area contributed by atoms with Gasteiger partial charge in [-0.25, -0.2) is 4.98 Å². The number of H-pyrrole nitrogens is 1. The summed E-state index contributed by atoms with van der Waals surface area (Å²) < 4.78 is 0. The molecule has 5 nitrogen and oxygen atoms in total. The standard InChI is InChI=1S/C15H20N4OS/c1-4-19(8-10(2)3)14(20)9-21-15-17-12-6-5-11(16)7-13(12)18-15/h5-7H,2,4,8-9,16H2,1,3H3,(H,17,18).